The zero-order valence-electron chi connectivity index (χ0n) is 58.6. The van der Waals surface area contributed by atoms with Gasteiger partial charge in [0.05, 0.1) is 63.6 Å². The monoisotopic (exact) mass is 1580 g/mol. The summed E-state index contributed by atoms with van der Waals surface area (Å²) in [6.07, 6.45) is -89.1. The first kappa shape index (κ1) is 88.7. The number of rotatable bonds is 26. The Balaban J connectivity index is 1.01. The Hall–Kier alpha value is -3.23. The van der Waals surface area contributed by atoms with Gasteiger partial charge in [0, 0.05) is 20.3 Å². The number of amides is 2. The van der Waals surface area contributed by atoms with E-state index in [0.29, 0.717) is 0 Å². The quantitative estimate of drug-likeness (QED) is 0.0382. The van der Waals surface area contributed by atoms with Gasteiger partial charge in [-0.1, -0.05) is 0 Å². The summed E-state index contributed by atoms with van der Waals surface area (Å²) in [7, 11) is 0. The molecular formula is C61H102N2O45. The van der Waals surface area contributed by atoms with Gasteiger partial charge in [0.2, 0.25) is 11.8 Å². The van der Waals surface area contributed by atoms with Crippen LogP contribution in [0.2, 0.25) is 0 Å². The summed E-state index contributed by atoms with van der Waals surface area (Å²) in [5.41, 5.74) is 0. The number of hydrogen-bond acceptors (Lipinski definition) is 44. The summed E-state index contributed by atoms with van der Waals surface area (Å²) < 4.78 is 101. The predicted octanol–water partition coefficient (Wildman–Crippen LogP) is -17.0. The maximum absolute atomic E-state index is 14.1. The summed E-state index contributed by atoms with van der Waals surface area (Å²) >= 11 is 0. The van der Waals surface area contributed by atoms with Gasteiger partial charge in [0.15, 0.2) is 50.3 Å². The van der Waals surface area contributed by atoms with E-state index in [9.17, 15) is 142 Å². The zero-order valence-corrected chi connectivity index (χ0v) is 58.6. The van der Waals surface area contributed by atoms with Crippen LogP contribution in [0.3, 0.4) is 0 Å². The fourth-order valence-electron chi connectivity index (χ4n) is 14.1. The van der Waals surface area contributed by atoms with Crippen molar-refractivity contribution < 1.29 is 223 Å². The Morgan fingerprint density at radius 1 is 0.398 bits per heavy atom. The lowest BCUT2D eigenvalue weighted by molar-refractivity contribution is -0.409. The van der Waals surface area contributed by atoms with Crippen LogP contribution in [0.25, 0.3) is 0 Å². The SMILES string of the molecule is CC(=O)N[C@H]1[C@H](OC[C@H]2OC(O)[C@H](NC(C)=O)[C@@H](O[C@@H]3O[C@H](CO)[C@H](O)[C@H](O[C@]4(C(=O)O)C[C@H](O[C@@H]5O[C@@H](C)[C@@H](O)[C@@H](O[C@@H]6O[C@@H](C)[C@@H](O)[C@@H](O)[C@@H]6O)[C@@H]5O[C@@H]5O[C@@H](C)[C@@H](O)[C@@H](O)[C@@H]5O)[C@@H](O)[C@H]([C@H](O)[C@H](O)CO)O4)[C@H]3O)[C@H]2O)O[C@H](CO)[C@@H](O[C@@H]2O[C@H](CO)[C@H](O)[C@H](O)[C@H]2O)[C@@H]1O[C@@H]1O[C@@H](C)[C@@H](O)[C@@H](O)[C@@H]1O. The van der Waals surface area contributed by atoms with Gasteiger partial charge in [-0.3, -0.25) is 9.59 Å². The van der Waals surface area contributed by atoms with E-state index in [1.807, 2.05) is 0 Å². The Bertz CT molecular complexity index is 2870. The molecule has 2 amide bonds. The second-order valence-corrected chi connectivity index (χ2v) is 28.1. The van der Waals surface area contributed by atoms with E-state index < -0.39 is 339 Å². The number of carbonyl (C=O) groups is 3. The average molecular weight is 1580 g/mol. The molecule has 1 unspecified atom stereocenters. The molecular weight excluding hydrogens is 1480 g/mol. The number of aliphatic hydroxyl groups is 24. The smallest absolute Gasteiger partial charge is 0.364 e. The van der Waals surface area contributed by atoms with Crippen LogP contribution in [0.5, 0.6) is 0 Å². The Morgan fingerprint density at radius 2 is 0.806 bits per heavy atom. The number of carboxylic acid groups (broad SMARTS) is 1. The van der Waals surface area contributed by atoms with E-state index in [2.05, 4.69) is 10.6 Å². The number of ether oxygens (including phenoxy) is 17. The first-order valence-electron chi connectivity index (χ1n) is 34.7. The number of hydrogen-bond donors (Lipinski definition) is 27. The first-order valence-corrected chi connectivity index (χ1v) is 34.7. The van der Waals surface area contributed by atoms with Crippen molar-refractivity contribution in [3.63, 3.8) is 0 Å². The molecule has 0 aromatic carbocycles. The molecule has 9 saturated heterocycles. The molecule has 626 valence electrons. The maximum Gasteiger partial charge on any atom is 0.364 e. The number of nitrogens with one attached hydrogen (secondary N) is 2. The van der Waals surface area contributed by atoms with Gasteiger partial charge in [-0.25, -0.2) is 4.79 Å². The highest BCUT2D eigenvalue weighted by molar-refractivity contribution is 5.76. The molecule has 9 fully saturated rings. The molecule has 9 rings (SSSR count). The fourth-order valence-corrected chi connectivity index (χ4v) is 14.1. The van der Waals surface area contributed by atoms with E-state index in [1.54, 1.807) is 0 Å². The second kappa shape index (κ2) is 37.1. The minimum atomic E-state index is -3.57. The van der Waals surface area contributed by atoms with Gasteiger partial charge in [-0.2, -0.15) is 0 Å². The summed E-state index contributed by atoms with van der Waals surface area (Å²) in [6, 6.07) is -3.78. The van der Waals surface area contributed by atoms with E-state index in [4.69, 9.17) is 80.5 Å². The van der Waals surface area contributed by atoms with Crippen molar-refractivity contribution in [2.45, 2.75) is 330 Å². The fraction of sp³-hybridized carbons (Fsp3) is 0.951. The molecule has 27 N–H and O–H groups in total. The minimum absolute atomic E-state index is 0.913. The largest absolute Gasteiger partial charge is 0.477 e. The van der Waals surface area contributed by atoms with Crippen LogP contribution in [0.4, 0.5) is 0 Å². The van der Waals surface area contributed by atoms with Crippen LogP contribution in [0.1, 0.15) is 48.0 Å². The van der Waals surface area contributed by atoms with Crippen molar-refractivity contribution in [3.8, 4) is 0 Å². The standard InChI is InChI=1S/C61H102N2O45/c1-13-27(71)36(80)40(84)54(93-13)104-47-26(63-18(6)69)53(101-23(11-67)45(47)102-57-43(87)39(83)32(76)21(9-65)99-57)92-12-24-35(79)46(25(52(89)97-24)62-17(5)68)103-58-44(88)49(34(78)22(10-66)100-58)108-61(60(90)91)7-20(33(77)48(107-61)31(75)19(70)8-64)98-59-51(106-56-42(86)38(82)29(73)15(3)95-56)50(30(74)16(4)96-59)105-55-41(85)37(81)28(72)14(2)94-55/h13-16,19-59,64-67,70-89H,7-12H2,1-6H3,(H,62,68)(H,63,69)(H,90,91)/t13-,14-,15-,16-,19+,20-,21+,22+,23+,24+,25+,26+,27+,28+,29+,30+,31+,32-,33+,34-,35-,36+,37+,38+,39-,40-,41-,42-,43+,44+,45+,46+,47+,48-,49-,50+,51-,52?,53+,54-,55-,56-,57-,58-,59-,61-/m0/s1. The number of carbonyl (C=O) groups excluding carboxylic acids is 2. The summed E-state index contributed by atoms with van der Waals surface area (Å²) in [6.45, 7) is 1.15. The third-order valence-electron chi connectivity index (χ3n) is 20.4. The molecule has 46 atom stereocenters. The molecule has 47 heteroatoms. The lowest BCUT2D eigenvalue weighted by atomic mass is 9.89. The zero-order chi connectivity index (χ0) is 79.9. The normalized spacial score (nSPS) is 51.0. The molecule has 0 aromatic rings. The lowest BCUT2D eigenvalue weighted by Crippen LogP contribution is -2.71. The van der Waals surface area contributed by atoms with Crippen LogP contribution in [-0.2, 0) is 94.9 Å². The highest BCUT2D eigenvalue weighted by Gasteiger charge is 2.64. The summed E-state index contributed by atoms with van der Waals surface area (Å²) in [5.74, 6) is -7.73. The molecule has 0 spiro atoms. The molecule has 9 heterocycles. The van der Waals surface area contributed by atoms with Gasteiger partial charge in [0.1, 0.15) is 195 Å². The molecule has 0 bridgehead atoms. The summed E-state index contributed by atoms with van der Waals surface area (Å²) in [4.78, 5) is 40.1. The van der Waals surface area contributed by atoms with Gasteiger partial charge in [-0.15, -0.1) is 0 Å². The van der Waals surface area contributed by atoms with Crippen molar-refractivity contribution in [1.29, 1.82) is 0 Å². The van der Waals surface area contributed by atoms with Crippen LogP contribution >= 0.6 is 0 Å². The first-order chi connectivity index (χ1) is 50.7. The molecule has 108 heavy (non-hydrogen) atoms. The van der Waals surface area contributed by atoms with Gasteiger partial charge >= 0.3 is 5.97 Å². The van der Waals surface area contributed by atoms with Crippen LogP contribution in [0, 0.1) is 0 Å². The Kier molecular flexibility index (Phi) is 30.5. The topological polar surface area (TPSA) is 738 Å². The molecule has 0 aromatic heterocycles. The molecule has 0 aliphatic carbocycles. The van der Waals surface area contributed by atoms with Crippen molar-refractivity contribution in [2.24, 2.45) is 0 Å². The number of carboxylic acids is 1. The van der Waals surface area contributed by atoms with Gasteiger partial charge < -0.3 is 219 Å². The van der Waals surface area contributed by atoms with E-state index in [1.165, 1.54) is 27.7 Å². The molecule has 47 nitrogen and oxygen atoms in total. The summed E-state index contributed by atoms with van der Waals surface area (Å²) in [5, 5.41) is 282. The van der Waals surface area contributed by atoms with Crippen molar-refractivity contribution >= 4 is 17.8 Å². The van der Waals surface area contributed by atoms with Crippen LogP contribution in [-0.4, -0.2) is 460 Å². The Morgan fingerprint density at radius 3 is 1.30 bits per heavy atom. The molecule has 0 saturated carbocycles. The third-order valence-corrected chi connectivity index (χ3v) is 20.4. The highest BCUT2D eigenvalue weighted by Crippen LogP contribution is 2.43. The maximum atomic E-state index is 14.1. The van der Waals surface area contributed by atoms with Crippen LogP contribution in [0.15, 0.2) is 0 Å². The number of aliphatic hydroxyl groups excluding tert-OH is 24. The molecule has 9 aliphatic rings. The van der Waals surface area contributed by atoms with Crippen molar-refractivity contribution in [2.75, 3.05) is 33.0 Å². The average Bonchev–Trinajstić information content (AvgIpc) is 0.769. The van der Waals surface area contributed by atoms with Gasteiger partial charge in [0.25, 0.3) is 5.79 Å². The van der Waals surface area contributed by atoms with Gasteiger partial charge in [-0.05, 0) is 27.7 Å². The Labute approximate surface area is 612 Å². The lowest BCUT2D eigenvalue weighted by Gasteiger charge is -2.52. The van der Waals surface area contributed by atoms with E-state index in [-0.39, 0.29) is 0 Å². The van der Waals surface area contributed by atoms with Crippen molar-refractivity contribution in [3.05, 3.63) is 0 Å². The minimum Gasteiger partial charge on any atom is -0.477 e. The van der Waals surface area contributed by atoms with E-state index in [0.717, 1.165) is 13.8 Å². The highest BCUT2D eigenvalue weighted by atomic mass is 16.8. The molecule has 9 aliphatic heterocycles. The van der Waals surface area contributed by atoms with Crippen molar-refractivity contribution in [1.82, 2.24) is 10.6 Å². The third kappa shape index (κ3) is 18.7. The predicted molar refractivity (Wildman–Crippen MR) is 332 cm³/mol. The number of aliphatic carboxylic acids is 1. The van der Waals surface area contributed by atoms with E-state index >= 15 is 0 Å². The second-order valence-electron chi connectivity index (χ2n) is 28.1. The van der Waals surface area contributed by atoms with Crippen LogP contribution < -0.4 is 10.6 Å². The molecule has 0 radical (unpaired) electrons.